The van der Waals surface area contributed by atoms with E-state index in [4.69, 9.17) is 0 Å². The van der Waals surface area contributed by atoms with Gasteiger partial charge in [-0.05, 0) is 25.2 Å². The third-order valence-electron chi connectivity index (χ3n) is 3.61. The van der Waals surface area contributed by atoms with E-state index in [0.29, 0.717) is 11.3 Å². The van der Waals surface area contributed by atoms with Crippen molar-refractivity contribution in [2.24, 2.45) is 0 Å². The Balaban J connectivity index is 2.06. The summed E-state index contributed by atoms with van der Waals surface area (Å²) in [5.74, 6) is 0.347. The summed E-state index contributed by atoms with van der Waals surface area (Å²) >= 11 is 0. The molecular weight excluding hydrogens is 221 g/mol. The summed E-state index contributed by atoms with van der Waals surface area (Å²) in [6.07, 6.45) is -1.58. The van der Waals surface area contributed by atoms with Gasteiger partial charge in [0.05, 0.1) is 0 Å². The maximum Gasteiger partial charge on any atom is 0.407 e. The molecule has 1 heterocycles. The van der Waals surface area contributed by atoms with Crippen molar-refractivity contribution in [2.75, 3.05) is 0 Å². The van der Waals surface area contributed by atoms with E-state index >= 15 is 0 Å². The first-order valence-electron chi connectivity index (χ1n) is 5.35. The van der Waals surface area contributed by atoms with Crippen LogP contribution in [0.5, 0.6) is 0 Å². The van der Waals surface area contributed by atoms with Gasteiger partial charge in [0.15, 0.2) is 0 Å². The zero-order valence-electron chi connectivity index (χ0n) is 8.47. The van der Waals surface area contributed by atoms with Crippen LogP contribution >= 0.6 is 0 Å². The lowest BCUT2D eigenvalue weighted by atomic mass is 9.98. The molecule has 1 aromatic heterocycles. The van der Waals surface area contributed by atoms with Crippen molar-refractivity contribution >= 4 is 0 Å². The first-order chi connectivity index (χ1) is 7.46. The molecule has 3 rings (SSSR count). The molecule has 3 nitrogen and oxygen atoms in total. The lowest BCUT2D eigenvalue weighted by Gasteiger charge is -2.15. The first-order valence-corrected chi connectivity index (χ1v) is 5.35. The van der Waals surface area contributed by atoms with Gasteiger partial charge in [-0.1, -0.05) is 0 Å². The molecule has 1 fully saturated rings. The Hall–Kier alpha value is -1.20. The summed E-state index contributed by atoms with van der Waals surface area (Å²) < 4.78 is 38.0. The van der Waals surface area contributed by atoms with Gasteiger partial charge in [0, 0.05) is 17.2 Å². The normalized spacial score (nSPS) is 27.4. The van der Waals surface area contributed by atoms with E-state index in [1.54, 1.807) is 0 Å². The fourth-order valence-corrected chi connectivity index (χ4v) is 3.14. The fraction of sp³-hybridized carbons (Fsp3) is 0.700. The van der Waals surface area contributed by atoms with Gasteiger partial charge >= 0.3 is 6.18 Å². The number of alkyl halides is 3. The Morgan fingerprint density at radius 3 is 2.69 bits per heavy atom. The predicted molar refractivity (Wildman–Crippen MR) is 50.4 cm³/mol. The molecule has 1 saturated carbocycles. The van der Waals surface area contributed by atoms with Crippen LogP contribution < -0.4 is 5.56 Å². The maximum atomic E-state index is 12.3. The molecule has 2 atom stereocenters. The molecule has 2 aliphatic carbocycles. The Morgan fingerprint density at radius 1 is 1.31 bits per heavy atom. The van der Waals surface area contributed by atoms with Crippen LogP contribution in [0.3, 0.4) is 0 Å². The van der Waals surface area contributed by atoms with Crippen LogP contribution in [0, 0.1) is 0 Å². The highest BCUT2D eigenvalue weighted by Gasteiger charge is 2.43. The number of nitrogens with one attached hydrogen (secondary N) is 1. The van der Waals surface area contributed by atoms with E-state index in [-0.39, 0.29) is 17.4 Å². The fourth-order valence-electron chi connectivity index (χ4n) is 3.14. The number of halogens is 3. The smallest absolute Gasteiger partial charge is 0.279 e. The van der Waals surface area contributed by atoms with Crippen molar-refractivity contribution in [2.45, 2.75) is 43.8 Å². The number of nitrogens with zero attached hydrogens (tertiary/aromatic N) is 1. The van der Waals surface area contributed by atoms with Gasteiger partial charge in [0.1, 0.15) is 6.54 Å². The molecule has 0 radical (unpaired) electrons. The first kappa shape index (κ1) is 9.99. The van der Waals surface area contributed by atoms with Gasteiger partial charge in [-0.15, -0.1) is 0 Å². The summed E-state index contributed by atoms with van der Waals surface area (Å²) in [5, 5.41) is 2.31. The molecule has 2 aliphatic rings. The number of hydrogen-bond donors (Lipinski definition) is 1. The largest absolute Gasteiger partial charge is 0.407 e. The van der Waals surface area contributed by atoms with Crippen molar-refractivity contribution in [1.29, 1.82) is 0 Å². The number of aromatic nitrogens is 2. The minimum absolute atomic E-state index is 0.154. The molecule has 0 amide bonds. The summed E-state index contributed by atoms with van der Waals surface area (Å²) in [7, 11) is 0. The molecule has 0 spiro atoms. The topological polar surface area (TPSA) is 37.8 Å². The van der Waals surface area contributed by atoms with Crippen LogP contribution in [-0.2, 0) is 6.54 Å². The molecule has 16 heavy (non-hydrogen) atoms. The van der Waals surface area contributed by atoms with Gasteiger partial charge in [-0.2, -0.15) is 13.2 Å². The molecule has 2 bridgehead atoms. The van der Waals surface area contributed by atoms with Crippen LogP contribution in [-0.4, -0.2) is 16.0 Å². The van der Waals surface area contributed by atoms with Crippen molar-refractivity contribution < 1.29 is 13.2 Å². The van der Waals surface area contributed by atoms with E-state index in [1.807, 2.05) is 0 Å². The van der Waals surface area contributed by atoms with Crippen LogP contribution in [0.15, 0.2) is 4.79 Å². The van der Waals surface area contributed by atoms with E-state index in [1.165, 1.54) is 0 Å². The van der Waals surface area contributed by atoms with Gasteiger partial charge < -0.3 is 0 Å². The third-order valence-corrected chi connectivity index (χ3v) is 3.61. The molecule has 0 aliphatic heterocycles. The highest BCUT2D eigenvalue weighted by atomic mass is 19.4. The second-order valence-corrected chi connectivity index (χ2v) is 4.65. The third kappa shape index (κ3) is 1.32. The van der Waals surface area contributed by atoms with Gasteiger partial charge in [0.2, 0.25) is 0 Å². The zero-order chi connectivity index (χ0) is 11.5. The second kappa shape index (κ2) is 2.93. The van der Waals surface area contributed by atoms with E-state index in [0.717, 1.165) is 23.9 Å². The zero-order valence-corrected chi connectivity index (χ0v) is 8.47. The lowest BCUT2D eigenvalue weighted by Crippen LogP contribution is -2.22. The molecule has 0 saturated heterocycles. The molecule has 2 unspecified atom stereocenters. The lowest BCUT2D eigenvalue weighted by molar-refractivity contribution is -0.143. The molecular formula is C10H11F3N2O. The number of hydrogen-bond acceptors (Lipinski definition) is 1. The minimum Gasteiger partial charge on any atom is -0.279 e. The summed E-state index contributed by atoms with van der Waals surface area (Å²) in [5.41, 5.74) is 0.894. The Morgan fingerprint density at radius 2 is 2.00 bits per heavy atom. The number of aromatic amines is 1. The van der Waals surface area contributed by atoms with Crippen molar-refractivity contribution in [3.8, 4) is 0 Å². The summed E-state index contributed by atoms with van der Waals surface area (Å²) in [4.78, 5) is 11.6. The van der Waals surface area contributed by atoms with Gasteiger partial charge in [-0.25, -0.2) is 0 Å². The molecule has 1 aromatic rings. The molecule has 6 heteroatoms. The standard InChI is InChI=1S/C10H11F3N2O/c11-10(12,13)4-15-8-6-2-1-5(3-6)7(8)9(16)14-15/h5-6H,1-4H2,(H,14,16). The number of rotatable bonds is 1. The molecule has 88 valence electrons. The van der Waals surface area contributed by atoms with Crippen LogP contribution in [0.1, 0.15) is 42.4 Å². The van der Waals surface area contributed by atoms with E-state index < -0.39 is 12.7 Å². The number of H-pyrrole nitrogens is 1. The van der Waals surface area contributed by atoms with Crippen molar-refractivity contribution in [3.05, 3.63) is 21.6 Å². The van der Waals surface area contributed by atoms with Crippen LogP contribution in [0.2, 0.25) is 0 Å². The van der Waals surface area contributed by atoms with Gasteiger partial charge in [0.25, 0.3) is 5.56 Å². The predicted octanol–water partition coefficient (Wildman–Crippen LogP) is 2.10. The van der Waals surface area contributed by atoms with Crippen molar-refractivity contribution in [1.82, 2.24) is 9.78 Å². The highest BCUT2D eigenvalue weighted by Crippen LogP contribution is 2.51. The second-order valence-electron chi connectivity index (χ2n) is 4.65. The minimum atomic E-state index is -4.28. The Labute approximate surface area is 89.2 Å². The monoisotopic (exact) mass is 232 g/mol. The van der Waals surface area contributed by atoms with Gasteiger partial charge in [-0.3, -0.25) is 14.6 Å². The Bertz CT molecular complexity index is 485. The molecule has 0 aromatic carbocycles. The number of fused-ring (bicyclic) bond motifs is 5. The average molecular weight is 232 g/mol. The maximum absolute atomic E-state index is 12.3. The van der Waals surface area contributed by atoms with Crippen molar-refractivity contribution in [3.63, 3.8) is 0 Å². The van der Waals surface area contributed by atoms with E-state index in [2.05, 4.69) is 5.10 Å². The molecule has 1 N–H and O–H groups in total. The van der Waals surface area contributed by atoms with Crippen LogP contribution in [0.4, 0.5) is 13.2 Å². The highest BCUT2D eigenvalue weighted by molar-refractivity contribution is 5.35. The van der Waals surface area contributed by atoms with E-state index in [9.17, 15) is 18.0 Å². The summed E-state index contributed by atoms with van der Waals surface area (Å²) in [6.45, 7) is -1.08. The quantitative estimate of drug-likeness (QED) is 0.791. The Kier molecular flexibility index (Phi) is 1.83. The summed E-state index contributed by atoms with van der Waals surface area (Å²) in [6, 6.07) is 0. The average Bonchev–Trinajstić information content (AvgIpc) is 2.76. The SMILES string of the molecule is O=c1[nH]n(CC(F)(F)F)c2c1C1CCC2C1. The van der Waals surface area contributed by atoms with Crippen LogP contribution in [0.25, 0.3) is 0 Å².